The number of benzene rings is 1. The van der Waals surface area contributed by atoms with E-state index in [9.17, 15) is 18.3 Å². The van der Waals surface area contributed by atoms with E-state index >= 15 is 0 Å². The molecule has 0 aliphatic carbocycles. The van der Waals surface area contributed by atoms with E-state index in [1.165, 1.54) is 18.3 Å². The summed E-state index contributed by atoms with van der Waals surface area (Å²) in [5.41, 5.74) is 1.82. The Morgan fingerprint density at radius 1 is 1.20 bits per heavy atom. The minimum atomic E-state index is -4.64. The fourth-order valence-corrected chi connectivity index (χ4v) is 2.72. The van der Waals surface area contributed by atoms with Crippen molar-refractivity contribution in [1.29, 1.82) is 0 Å². The van der Waals surface area contributed by atoms with Gasteiger partial charge in [-0.3, -0.25) is 10.2 Å². The van der Waals surface area contributed by atoms with Crippen molar-refractivity contribution in [2.24, 2.45) is 0 Å². The molecule has 3 heterocycles. The third kappa shape index (κ3) is 2.50. The summed E-state index contributed by atoms with van der Waals surface area (Å²) in [5.74, 6) is -1.54. The molecule has 1 aromatic carbocycles. The van der Waals surface area contributed by atoms with Crippen LogP contribution in [0.25, 0.3) is 33.5 Å². The van der Waals surface area contributed by atoms with Gasteiger partial charge in [0.15, 0.2) is 5.82 Å². The summed E-state index contributed by atoms with van der Waals surface area (Å²) >= 11 is 5.91. The number of rotatable bonds is 2. The number of nitrogens with zero attached hydrogens (tertiary/aromatic N) is 3. The van der Waals surface area contributed by atoms with Crippen molar-refractivity contribution in [3.63, 3.8) is 0 Å². The van der Waals surface area contributed by atoms with E-state index in [0.717, 1.165) is 0 Å². The number of phenols is 1. The second kappa shape index (κ2) is 5.24. The zero-order valence-corrected chi connectivity index (χ0v) is 12.9. The molecule has 4 aromatic rings. The maximum atomic E-state index is 12.8. The van der Waals surface area contributed by atoms with E-state index in [2.05, 4.69) is 25.3 Å². The summed E-state index contributed by atoms with van der Waals surface area (Å²) in [7, 11) is 0. The number of halogens is 4. The second-order valence-corrected chi connectivity index (χ2v) is 5.62. The zero-order chi connectivity index (χ0) is 17.8. The molecule has 0 saturated carbocycles. The van der Waals surface area contributed by atoms with Crippen molar-refractivity contribution in [2.75, 3.05) is 0 Å². The molecule has 0 bridgehead atoms. The molecule has 25 heavy (non-hydrogen) atoms. The number of aromatic nitrogens is 6. The van der Waals surface area contributed by atoms with Gasteiger partial charge in [0.2, 0.25) is 5.82 Å². The Bertz CT molecular complexity index is 1070. The Labute approximate surface area is 141 Å². The van der Waals surface area contributed by atoms with E-state index in [4.69, 9.17) is 11.6 Å². The highest BCUT2D eigenvalue weighted by molar-refractivity contribution is 6.33. The lowest BCUT2D eigenvalue weighted by Gasteiger charge is -2.00. The smallest absolute Gasteiger partial charge is 0.451 e. The molecular formula is C14H8ClF3N6O. The van der Waals surface area contributed by atoms with Crippen molar-refractivity contribution >= 4 is 22.5 Å². The van der Waals surface area contributed by atoms with Crippen molar-refractivity contribution in [1.82, 2.24) is 30.4 Å². The minimum absolute atomic E-state index is 0.102. The van der Waals surface area contributed by atoms with Gasteiger partial charge in [-0.05, 0) is 12.1 Å². The van der Waals surface area contributed by atoms with Crippen LogP contribution in [0, 0.1) is 0 Å². The van der Waals surface area contributed by atoms with Crippen molar-refractivity contribution in [3.8, 4) is 28.4 Å². The molecule has 0 amide bonds. The van der Waals surface area contributed by atoms with Gasteiger partial charge in [-0.1, -0.05) is 11.6 Å². The van der Waals surface area contributed by atoms with E-state index in [1.54, 1.807) is 6.20 Å². The summed E-state index contributed by atoms with van der Waals surface area (Å²) in [5, 5.41) is 22.5. The Balaban J connectivity index is 2.00. The first-order valence-electron chi connectivity index (χ1n) is 6.88. The van der Waals surface area contributed by atoms with Crippen LogP contribution in [-0.4, -0.2) is 35.5 Å². The molecule has 7 nitrogen and oxygen atoms in total. The van der Waals surface area contributed by atoms with Crippen LogP contribution in [0.4, 0.5) is 13.2 Å². The summed E-state index contributed by atoms with van der Waals surface area (Å²) in [4.78, 5) is 6.47. The van der Waals surface area contributed by atoms with Gasteiger partial charge in [0.05, 0.1) is 16.9 Å². The molecule has 0 radical (unpaired) electrons. The van der Waals surface area contributed by atoms with Crippen LogP contribution < -0.4 is 0 Å². The van der Waals surface area contributed by atoms with Gasteiger partial charge >= 0.3 is 6.18 Å². The quantitative estimate of drug-likeness (QED) is 0.432. The first-order valence-corrected chi connectivity index (χ1v) is 7.25. The highest BCUT2D eigenvalue weighted by atomic mass is 35.5. The van der Waals surface area contributed by atoms with Gasteiger partial charge in [0.25, 0.3) is 0 Å². The third-order valence-electron chi connectivity index (χ3n) is 3.63. The van der Waals surface area contributed by atoms with Crippen molar-refractivity contribution in [2.45, 2.75) is 6.18 Å². The zero-order valence-electron chi connectivity index (χ0n) is 12.1. The maximum absolute atomic E-state index is 12.8. The van der Waals surface area contributed by atoms with Crippen LogP contribution >= 0.6 is 11.6 Å². The van der Waals surface area contributed by atoms with E-state index < -0.39 is 12.0 Å². The molecule has 0 spiro atoms. The van der Waals surface area contributed by atoms with E-state index in [1.807, 2.05) is 5.10 Å². The van der Waals surface area contributed by atoms with Gasteiger partial charge in [-0.15, -0.1) is 0 Å². The molecule has 0 atom stereocenters. The lowest BCUT2D eigenvalue weighted by molar-refractivity contribution is -0.144. The molecular weight excluding hydrogens is 361 g/mol. The predicted octanol–water partition coefficient (Wildman–Crippen LogP) is 3.72. The Morgan fingerprint density at radius 3 is 2.64 bits per heavy atom. The number of aromatic hydroxyl groups is 1. The molecule has 3 aromatic heterocycles. The predicted molar refractivity (Wildman–Crippen MR) is 82.9 cm³/mol. The monoisotopic (exact) mass is 368 g/mol. The van der Waals surface area contributed by atoms with Crippen LogP contribution in [0.5, 0.6) is 5.75 Å². The highest BCUT2D eigenvalue weighted by Crippen LogP contribution is 2.40. The lowest BCUT2D eigenvalue weighted by Crippen LogP contribution is -2.07. The number of fused-ring (bicyclic) bond motifs is 1. The lowest BCUT2D eigenvalue weighted by atomic mass is 10.0. The summed E-state index contributed by atoms with van der Waals surface area (Å²) in [6, 6.07) is 2.88. The largest absolute Gasteiger partial charge is 0.506 e. The SMILES string of the molecule is Oc1cc2c(-c3cn[nH]c3)c(-c3n[nH]c(C(F)(F)F)n3)[nH]c2cc1Cl. The molecule has 0 fully saturated rings. The normalized spacial score (nSPS) is 12.2. The van der Waals surface area contributed by atoms with Gasteiger partial charge in [0, 0.05) is 28.2 Å². The van der Waals surface area contributed by atoms with Crippen molar-refractivity contribution in [3.05, 3.63) is 35.4 Å². The molecule has 128 valence electrons. The summed E-state index contributed by atoms with van der Waals surface area (Å²) in [6.07, 6.45) is -1.58. The van der Waals surface area contributed by atoms with Crippen LogP contribution in [0.3, 0.4) is 0 Å². The standard InChI is InChI=1S/C14H8ClF3N6O/c15-7-2-8-6(1-9(7)25)10(5-3-19-20-4-5)11(21-8)12-22-13(24-23-12)14(16,17)18/h1-4,21,25H,(H,19,20)(H,22,23,24). The number of hydrogen-bond donors (Lipinski definition) is 4. The van der Waals surface area contributed by atoms with Crippen LogP contribution in [0.15, 0.2) is 24.5 Å². The molecule has 0 unspecified atom stereocenters. The van der Waals surface area contributed by atoms with Gasteiger partial charge in [0.1, 0.15) is 5.75 Å². The maximum Gasteiger partial charge on any atom is 0.451 e. The summed E-state index contributed by atoms with van der Waals surface area (Å²) in [6.45, 7) is 0. The van der Waals surface area contributed by atoms with Crippen LogP contribution in [0.1, 0.15) is 5.82 Å². The average molecular weight is 369 g/mol. The molecule has 0 aliphatic rings. The Hall–Kier alpha value is -3.01. The topological polar surface area (TPSA) is 106 Å². The number of H-pyrrole nitrogens is 3. The summed E-state index contributed by atoms with van der Waals surface area (Å²) < 4.78 is 38.4. The fourth-order valence-electron chi connectivity index (χ4n) is 2.56. The van der Waals surface area contributed by atoms with Gasteiger partial charge < -0.3 is 10.1 Å². The molecule has 4 N–H and O–H groups in total. The first kappa shape index (κ1) is 15.5. The van der Waals surface area contributed by atoms with Crippen LogP contribution in [-0.2, 0) is 6.18 Å². The fraction of sp³-hybridized carbons (Fsp3) is 0.0714. The Kier molecular flexibility index (Phi) is 3.25. The number of alkyl halides is 3. The third-order valence-corrected chi connectivity index (χ3v) is 3.93. The molecule has 0 aliphatic heterocycles. The number of hydrogen-bond acceptors (Lipinski definition) is 4. The Morgan fingerprint density at radius 2 is 2.00 bits per heavy atom. The first-order chi connectivity index (χ1) is 11.8. The highest BCUT2D eigenvalue weighted by Gasteiger charge is 2.36. The number of nitrogens with one attached hydrogen (secondary N) is 3. The van der Waals surface area contributed by atoms with Gasteiger partial charge in [-0.2, -0.15) is 23.4 Å². The average Bonchev–Trinajstić information content (AvgIpc) is 3.25. The molecule has 4 rings (SSSR count). The minimum Gasteiger partial charge on any atom is -0.506 e. The number of phenolic OH excluding ortho intramolecular Hbond substituents is 1. The van der Waals surface area contributed by atoms with Crippen LogP contribution in [0.2, 0.25) is 5.02 Å². The van der Waals surface area contributed by atoms with E-state index in [0.29, 0.717) is 22.0 Å². The number of aromatic amines is 3. The van der Waals surface area contributed by atoms with E-state index in [-0.39, 0.29) is 22.3 Å². The second-order valence-electron chi connectivity index (χ2n) is 5.22. The molecule has 0 saturated heterocycles. The molecule has 11 heteroatoms. The van der Waals surface area contributed by atoms with Gasteiger partial charge in [-0.25, -0.2) is 4.98 Å². The van der Waals surface area contributed by atoms with Crippen molar-refractivity contribution < 1.29 is 18.3 Å².